The van der Waals surface area contributed by atoms with E-state index in [1.54, 1.807) is 10.9 Å². The lowest BCUT2D eigenvalue weighted by atomic mass is 10.2. The summed E-state index contributed by atoms with van der Waals surface area (Å²) in [5.41, 5.74) is 2.41. The van der Waals surface area contributed by atoms with E-state index in [1.165, 1.54) is 0 Å². The van der Waals surface area contributed by atoms with E-state index in [-0.39, 0.29) is 5.56 Å². The van der Waals surface area contributed by atoms with Crippen LogP contribution in [0.4, 0.5) is 11.6 Å². The molecule has 2 heterocycles. The van der Waals surface area contributed by atoms with Crippen molar-refractivity contribution in [1.29, 1.82) is 0 Å². The molecule has 0 radical (unpaired) electrons. The quantitative estimate of drug-likeness (QED) is 0.686. The zero-order valence-electron chi connectivity index (χ0n) is 12.8. The maximum Gasteiger partial charge on any atom is 0.278 e. The highest BCUT2D eigenvalue weighted by atomic mass is 16.1. The van der Waals surface area contributed by atoms with Gasteiger partial charge in [0.05, 0.1) is 18.6 Å². The first-order chi connectivity index (χ1) is 10.6. The first-order valence-electron chi connectivity index (χ1n) is 7.27. The predicted octanol–water partition coefficient (Wildman–Crippen LogP) is 1.48. The Bertz CT molecular complexity index is 749. The second-order valence-electron chi connectivity index (χ2n) is 5.50. The van der Waals surface area contributed by atoms with Crippen LogP contribution in [0.15, 0.2) is 40.1 Å². The summed E-state index contributed by atoms with van der Waals surface area (Å²) in [5, 5.41) is 3.13. The average molecular weight is 297 g/mol. The van der Waals surface area contributed by atoms with Crippen molar-refractivity contribution in [2.75, 3.05) is 26.0 Å². The third kappa shape index (κ3) is 2.86. The summed E-state index contributed by atoms with van der Waals surface area (Å²) in [4.78, 5) is 23.5. The van der Waals surface area contributed by atoms with Gasteiger partial charge in [0, 0.05) is 27.1 Å². The van der Waals surface area contributed by atoms with Crippen LogP contribution in [0.5, 0.6) is 0 Å². The number of aliphatic imine (C=N–C) groups is 1. The lowest BCUT2D eigenvalue weighted by Gasteiger charge is -2.12. The molecule has 1 aliphatic rings. The summed E-state index contributed by atoms with van der Waals surface area (Å²) in [6, 6.07) is 9.86. The van der Waals surface area contributed by atoms with E-state index in [0.29, 0.717) is 18.2 Å². The Morgan fingerprint density at radius 2 is 2.14 bits per heavy atom. The molecule has 114 valence electrons. The van der Waals surface area contributed by atoms with E-state index >= 15 is 0 Å². The third-order valence-corrected chi connectivity index (χ3v) is 3.48. The molecule has 0 atom stereocenters. The Hall–Kier alpha value is -2.63. The van der Waals surface area contributed by atoms with Gasteiger partial charge in [0.25, 0.3) is 5.56 Å². The minimum Gasteiger partial charge on any atom is -0.379 e. The van der Waals surface area contributed by atoms with Crippen molar-refractivity contribution in [2.24, 2.45) is 4.99 Å². The van der Waals surface area contributed by atoms with E-state index in [4.69, 9.17) is 0 Å². The van der Waals surface area contributed by atoms with Crippen LogP contribution in [0.3, 0.4) is 0 Å². The van der Waals surface area contributed by atoms with Crippen LogP contribution in [0, 0.1) is 0 Å². The minimum absolute atomic E-state index is 0.0581. The molecule has 0 saturated heterocycles. The van der Waals surface area contributed by atoms with Gasteiger partial charge >= 0.3 is 0 Å². The summed E-state index contributed by atoms with van der Waals surface area (Å²) < 4.78 is 1.62. The summed E-state index contributed by atoms with van der Waals surface area (Å²) in [7, 11) is 3.77. The van der Waals surface area contributed by atoms with Crippen LogP contribution in [0.25, 0.3) is 0 Å². The van der Waals surface area contributed by atoms with E-state index in [1.807, 2.05) is 49.3 Å². The molecule has 1 aromatic heterocycles. The second kappa shape index (κ2) is 6.01. The van der Waals surface area contributed by atoms with Crippen LogP contribution in [0.2, 0.25) is 0 Å². The highest BCUT2D eigenvalue weighted by Gasteiger charge is 2.20. The molecule has 1 N–H and O–H groups in total. The number of fused-ring (bicyclic) bond motifs is 1. The van der Waals surface area contributed by atoms with Crippen molar-refractivity contribution in [3.63, 3.8) is 0 Å². The Labute approximate surface area is 129 Å². The largest absolute Gasteiger partial charge is 0.379 e. The first-order valence-corrected chi connectivity index (χ1v) is 7.27. The molecule has 0 saturated carbocycles. The maximum absolute atomic E-state index is 12.7. The monoisotopic (exact) mass is 297 g/mol. The molecular formula is C16H19N5O. The normalized spacial score (nSPS) is 13.2. The van der Waals surface area contributed by atoms with Gasteiger partial charge in [-0.3, -0.25) is 9.36 Å². The smallest absolute Gasteiger partial charge is 0.278 e. The van der Waals surface area contributed by atoms with Gasteiger partial charge in [-0.05, 0) is 5.56 Å². The zero-order chi connectivity index (χ0) is 15.5. The molecular weight excluding hydrogens is 278 g/mol. The summed E-state index contributed by atoms with van der Waals surface area (Å²) in [6.45, 7) is 1.21. The summed E-state index contributed by atoms with van der Waals surface area (Å²) in [6.07, 6.45) is 2.43. The van der Waals surface area contributed by atoms with Gasteiger partial charge in [-0.25, -0.2) is 9.98 Å². The molecule has 0 aliphatic carbocycles. The molecule has 1 aliphatic heterocycles. The van der Waals surface area contributed by atoms with Crippen LogP contribution in [0.1, 0.15) is 11.3 Å². The Morgan fingerprint density at radius 3 is 2.86 bits per heavy atom. The molecule has 0 spiro atoms. The summed E-state index contributed by atoms with van der Waals surface area (Å²) in [5.74, 6) is 0.449. The average Bonchev–Trinajstić information content (AvgIpc) is 2.98. The molecule has 0 bridgehead atoms. The number of aromatic nitrogens is 2. The number of nitrogens with zero attached hydrogens (tertiary/aromatic N) is 4. The molecule has 0 unspecified atom stereocenters. The minimum atomic E-state index is -0.0581. The Morgan fingerprint density at radius 1 is 1.36 bits per heavy atom. The second-order valence-corrected chi connectivity index (χ2v) is 5.50. The van der Waals surface area contributed by atoms with Gasteiger partial charge in [0.1, 0.15) is 5.69 Å². The number of anilines is 1. The number of nitrogens with one attached hydrogen (secondary N) is 1. The summed E-state index contributed by atoms with van der Waals surface area (Å²) >= 11 is 0. The van der Waals surface area contributed by atoms with Gasteiger partial charge in [-0.15, -0.1) is 0 Å². The number of hydrogen-bond acceptors (Lipinski definition) is 4. The molecule has 0 amide bonds. The van der Waals surface area contributed by atoms with Gasteiger partial charge in [0.15, 0.2) is 0 Å². The maximum atomic E-state index is 12.7. The van der Waals surface area contributed by atoms with Crippen LogP contribution in [-0.4, -0.2) is 41.4 Å². The topological polar surface area (TPSA) is 62.5 Å². The van der Waals surface area contributed by atoms with Crippen LogP contribution < -0.4 is 10.9 Å². The van der Waals surface area contributed by atoms with Crippen molar-refractivity contribution >= 4 is 18.0 Å². The Kier molecular flexibility index (Phi) is 3.91. The van der Waals surface area contributed by atoms with E-state index in [2.05, 4.69) is 15.3 Å². The number of benzene rings is 1. The fraction of sp³-hybridized carbons (Fsp3) is 0.312. The van der Waals surface area contributed by atoms with Crippen LogP contribution >= 0.6 is 0 Å². The van der Waals surface area contributed by atoms with Gasteiger partial charge in [-0.2, -0.15) is 0 Å². The van der Waals surface area contributed by atoms with Gasteiger partial charge < -0.3 is 10.2 Å². The molecule has 22 heavy (non-hydrogen) atoms. The molecule has 3 rings (SSSR count). The SMILES string of the molecule is CN(C)C=Nc1nc2c(c(=O)n1Cc1ccccc1)NCC2. The van der Waals surface area contributed by atoms with Crippen molar-refractivity contribution in [3.05, 3.63) is 51.9 Å². The van der Waals surface area contributed by atoms with E-state index in [9.17, 15) is 4.79 Å². The standard InChI is InChI=1S/C16H19N5O/c1-20(2)11-18-16-19-13-8-9-17-14(13)15(22)21(16)10-12-6-4-3-5-7-12/h3-7,11,17H,8-10H2,1-2H3. The van der Waals surface area contributed by atoms with Crippen molar-refractivity contribution in [1.82, 2.24) is 14.5 Å². The first kappa shape index (κ1) is 14.3. The predicted molar refractivity (Wildman–Crippen MR) is 88.1 cm³/mol. The molecule has 0 fully saturated rings. The van der Waals surface area contributed by atoms with Gasteiger partial charge in [-0.1, -0.05) is 30.3 Å². The fourth-order valence-electron chi connectivity index (χ4n) is 2.42. The van der Waals surface area contributed by atoms with E-state index in [0.717, 1.165) is 24.2 Å². The lowest BCUT2D eigenvalue weighted by molar-refractivity contribution is 0.639. The lowest BCUT2D eigenvalue weighted by Crippen LogP contribution is -2.24. The van der Waals surface area contributed by atoms with Crippen LogP contribution in [-0.2, 0) is 13.0 Å². The van der Waals surface area contributed by atoms with Gasteiger partial charge in [0.2, 0.25) is 5.95 Å². The van der Waals surface area contributed by atoms with Crippen molar-refractivity contribution < 1.29 is 0 Å². The third-order valence-electron chi connectivity index (χ3n) is 3.48. The van der Waals surface area contributed by atoms with Crippen molar-refractivity contribution in [3.8, 4) is 0 Å². The number of rotatable bonds is 4. The highest BCUT2D eigenvalue weighted by Crippen LogP contribution is 2.20. The highest BCUT2D eigenvalue weighted by molar-refractivity contribution is 5.59. The number of hydrogen-bond donors (Lipinski definition) is 1. The Balaban J connectivity index is 2.07. The van der Waals surface area contributed by atoms with Crippen molar-refractivity contribution in [2.45, 2.75) is 13.0 Å². The molecule has 6 nitrogen and oxygen atoms in total. The van der Waals surface area contributed by atoms with E-state index < -0.39 is 0 Å². The fourth-order valence-corrected chi connectivity index (χ4v) is 2.42. The molecule has 6 heteroatoms. The molecule has 2 aromatic rings. The molecule has 1 aromatic carbocycles. The zero-order valence-corrected chi connectivity index (χ0v) is 12.8.